The number of aromatic nitrogens is 1. The predicted molar refractivity (Wildman–Crippen MR) is 199 cm³/mol. The van der Waals surface area contributed by atoms with Crippen LogP contribution in [0.25, 0.3) is 0 Å². The molecule has 2 aliphatic rings. The maximum Gasteiger partial charge on any atom is 0.255 e. The van der Waals surface area contributed by atoms with Crippen LogP contribution in [0.4, 0.5) is 22.7 Å². The Labute approximate surface area is 290 Å². The SMILES string of the molecule is C=CNc1ccc(C2CCN(CC3CC3)CC2)nc1C(N)=Nc1cc(C(=O)Nc2cc(C(C)(C)C)cc(NS(C)(=O)=O)c2OC)ccc1C. The van der Waals surface area contributed by atoms with Gasteiger partial charge in [-0.25, -0.2) is 18.4 Å². The highest BCUT2D eigenvalue weighted by Crippen LogP contribution is 2.39. The number of methoxy groups -OCH3 is 1. The molecule has 0 bridgehead atoms. The van der Waals surface area contributed by atoms with E-state index in [-0.39, 0.29) is 22.7 Å². The highest BCUT2D eigenvalue weighted by atomic mass is 32.2. The summed E-state index contributed by atoms with van der Waals surface area (Å²) < 4.78 is 32.4. The largest absolute Gasteiger partial charge is 0.492 e. The number of anilines is 3. The second kappa shape index (κ2) is 14.6. The third-order valence-corrected chi connectivity index (χ3v) is 9.64. The molecule has 2 aromatic carbocycles. The fourth-order valence-electron chi connectivity index (χ4n) is 6.10. The number of rotatable bonds is 12. The number of pyridine rings is 1. The summed E-state index contributed by atoms with van der Waals surface area (Å²) in [5.41, 5.74) is 11.6. The summed E-state index contributed by atoms with van der Waals surface area (Å²) in [6.45, 7) is 15.1. The Kier molecular flexibility index (Phi) is 10.7. The maximum atomic E-state index is 13.7. The Balaban J connectivity index is 1.42. The first-order chi connectivity index (χ1) is 23.1. The van der Waals surface area contributed by atoms with Crippen LogP contribution < -0.4 is 25.8 Å². The molecule has 3 aromatic rings. The molecule has 49 heavy (non-hydrogen) atoms. The zero-order chi connectivity index (χ0) is 35.5. The molecule has 0 unspecified atom stereocenters. The topological polar surface area (TPSA) is 151 Å². The zero-order valence-electron chi connectivity index (χ0n) is 29.4. The highest BCUT2D eigenvalue weighted by molar-refractivity contribution is 7.92. The number of piperidine rings is 1. The molecule has 11 nitrogen and oxygen atoms in total. The number of nitrogens with two attached hydrogens (primary N) is 1. The zero-order valence-corrected chi connectivity index (χ0v) is 30.2. The van der Waals surface area contributed by atoms with Crippen LogP contribution in [-0.4, -0.2) is 63.0 Å². The number of carbonyl (C=O) groups excluding carboxylic acids is 1. The Morgan fingerprint density at radius 3 is 2.39 bits per heavy atom. The van der Waals surface area contributed by atoms with Crippen molar-refractivity contribution in [2.24, 2.45) is 16.6 Å². The molecule has 1 saturated carbocycles. The number of benzene rings is 2. The Morgan fingerprint density at radius 2 is 1.78 bits per heavy atom. The van der Waals surface area contributed by atoms with Gasteiger partial charge in [-0.3, -0.25) is 9.52 Å². The van der Waals surface area contributed by atoms with Crippen LogP contribution >= 0.6 is 0 Å². The second-order valence-electron chi connectivity index (χ2n) is 14.2. The van der Waals surface area contributed by atoms with Gasteiger partial charge < -0.3 is 26.0 Å². The molecule has 0 spiro atoms. The smallest absolute Gasteiger partial charge is 0.255 e. The molecular formula is C37H49N7O4S. The van der Waals surface area contributed by atoms with Crippen molar-refractivity contribution in [3.63, 3.8) is 0 Å². The summed E-state index contributed by atoms with van der Waals surface area (Å²) in [6.07, 6.45) is 7.47. The van der Waals surface area contributed by atoms with E-state index in [2.05, 4.69) is 32.9 Å². The van der Waals surface area contributed by atoms with Gasteiger partial charge in [-0.05, 0) is 111 Å². The van der Waals surface area contributed by atoms with Crippen LogP contribution in [0.2, 0.25) is 0 Å². The van der Waals surface area contributed by atoms with Gasteiger partial charge in [0.25, 0.3) is 5.91 Å². The van der Waals surface area contributed by atoms with Gasteiger partial charge in [0.2, 0.25) is 10.0 Å². The predicted octanol–water partition coefficient (Wildman–Crippen LogP) is 6.50. The van der Waals surface area contributed by atoms with E-state index in [0.29, 0.717) is 34.2 Å². The minimum absolute atomic E-state index is 0.197. The van der Waals surface area contributed by atoms with Crippen LogP contribution in [0.1, 0.15) is 85.2 Å². The summed E-state index contributed by atoms with van der Waals surface area (Å²) in [7, 11) is -2.20. The molecule has 1 saturated heterocycles. The number of aliphatic imine (C=N–C) groups is 1. The number of aryl methyl sites for hydroxylation is 1. The van der Waals surface area contributed by atoms with Gasteiger partial charge in [0.1, 0.15) is 5.69 Å². The van der Waals surface area contributed by atoms with E-state index in [1.807, 2.05) is 39.8 Å². The quantitative estimate of drug-likeness (QED) is 0.124. The molecule has 262 valence electrons. The first-order valence-electron chi connectivity index (χ1n) is 16.7. The molecule has 5 N–H and O–H groups in total. The number of nitrogens with zero attached hydrogens (tertiary/aromatic N) is 3. The fraction of sp³-hybridized carbons (Fsp3) is 0.432. The van der Waals surface area contributed by atoms with Crippen molar-refractivity contribution in [3.8, 4) is 5.75 Å². The van der Waals surface area contributed by atoms with Crippen molar-refractivity contribution in [1.82, 2.24) is 9.88 Å². The summed E-state index contributed by atoms with van der Waals surface area (Å²) in [6, 6.07) is 12.7. The Morgan fingerprint density at radius 1 is 1.08 bits per heavy atom. The van der Waals surface area contributed by atoms with Crippen molar-refractivity contribution in [1.29, 1.82) is 0 Å². The number of ether oxygens (including phenoxy) is 1. The summed E-state index contributed by atoms with van der Waals surface area (Å²) in [5, 5.41) is 6.06. The molecule has 1 aliphatic carbocycles. The third-order valence-electron chi connectivity index (χ3n) is 9.05. The van der Waals surface area contributed by atoms with Gasteiger partial charge in [-0.15, -0.1) is 0 Å². The molecule has 0 radical (unpaired) electrons. The molecule has 12 heteroatoms. The van der Waals surface area contributed by atoms with Crippen LogP contribution in [0.15, 0.2) is 60.2 Å². The van der Waals surface area contributed by atoms with Crippen LogP contribution in [0, 0.1) is 12.8 Å². The molecule has 1 amide bonds. The third kappa shape index (κ3) is 9.18. The van der Waals surface area contributed by atoms with Crippen LogP contribution in [0.5, 0.6) is 5.75 Å². The maximum absolute atomic E-state index is 13.7. The fourth-order valence-corrected chi connectivity index (χ4v) is 6.65. The van der Waals surface area contributed by atoms with E-state index in [0.717, 1.165) is 54.9 Å². The molecule has 2 fully saturated rings. The van der Waals surface area contributed by atoms with Crippen molar-refractivity contribution < 1.29 is 17.9 Å². The van der Waals surface area contributed by atoms with E-state index in [1.165, 1.54) is 26.5 Å². The molecule has 1 aromatic heterocycles. The van der Waals surface area contributed by atoms with Gasteiger partial charge in [-0.1, -0.05) is 33.4 Å². The van der Waals surface area contributed by atoms with Crippen molar-refractivity contribution in [3.05, 3.63) is 83.3 Å². The van der Waals surface area contributed by atoms with Crippen LogP contribution in [-0.2, 0) is 15.4 Å². The highest BCUT2D eigenvalue weighted by Gasteiger charge is 2.28. The molecule has 1 aliphatic heterocycles. The lowest BCUT2D eigenvalue weighted by Gasteiger charge is -2.32. The van der Waals surface area contributed by atoms with Gasteiger partial charge in [-0.2, -0.15) is 0 Å². The Bertz CT molecular complexity index is 1850. The lowest BCUT2D eigenvalue weighted by atomic mass is 9.86. The van der Waals surface area contributed by atoms with E-state index in [9.17, 15) is 13.2 Å². The normalized spacial score (nSPS) is 16.2. The lowest BCUT2D eigenvalue weighted by molar-refractivity contribution is 0.102. The van der Waals surface area contributed by atoms with Gasteiger partial charge >= 0.3 is 0 Å². The molecule has 0 atom stereocenters. The average Bonchev–Trinajstić information content (AvgIpc) is 3.85. The van der Waals surface area contributed by atoms with E-state index in [4.69, 9.17) is 20.4 Å². The summed E-state index contributed by atoms with van der Waals surface area (Å²) >= 11 is 0. The lowest BCUT2D eigenvalue weighted by Crippen LogP contribution is -2.34. The monoisotopic (exact) mass is 687 g/mol. The van der Waals surface area contributed by atoms with E-state index >= 15 is 0 Å². The summed E-state index contributed by atoms with van der Waals surface area (Å²) in [5.74, 6) is 1.22. The number of hydrogen-bond donors (Lipinski definition) is 4. The number of nitrogens with one attached hydrogen (secondary N) is 3. The first kappa shape index (κ1) is 35.9. The number of sulfonamides is 1. The van der Waals surface area contributed by atoms with E-state index in [1.54, 1.807) is 30.5 Å². The van der Waals surface area contributed by atoms with Crippen LogP contribution in [0.3, 0.4) is 0 Å². The van der Waals surface area contributed by atoms with Crippen molar-refractivity contribution in [2.45, 2.75) is 64.7 Å². The van der Waals surface area contributed by atoms with Crippen molar-refractivity contribution in [2.75, 3.05) is 48.4 Å². The first-order valence-corrected chi connectivity index (χ1v) is 18.6. The van der Waals surface area contributed by atoms with Gasteiger partial charge in [0.05, 0.1) is 36.1 Å². The minimum atomic E-state index is -3.62. The number of amidine groups is 1. The number of hydrogen-bond acceptors (Lipinski definition) is 8. The minimum Gasteiger partial charge on any atom is -0.492 e. The number of likely N-dealkylation sites (tertiary alicyclic amines) is 1. The van der Waals surface area contributed by atoms with E-state index < -0.39 is 15.9 Å². The Hall–Kier alpha value is -4.42. The number of carbonyl (C=O) groups is 1. The molecular weight excluding hydrogens is 639 g/mol. The summed E-state index contributed by atoms with van der Waals surface area (Å²) in [4.78, 5) is 26.0. The van der Waals surface area contributed by atoms with Crippen molar-refractivity contribution >= 4 is 44.5 Å². The van der Waals surface area contributed by atoms with Gasteiger partial charge in [0, 0.05) is 23.7 Å². The number of amides is 1. The standard InChI is InChI=1S/C37H49N7O4S/c1-8-39-29-14-13-28(25-15-17-44(18-16-25)22-24-10-11-24)40-33(29)35(38)41-30-19-26(12-9-23(30)2)36(45)42-31-20-27(37(3,4)5)21-32(34(31)48-6)43-49(7,46)47/h8-9,12-14,19-21,24-25,39,43H,1,10-11,15-18,22H2,2-7H3,(H2,38,41)(H,42,45). The molecule has 5 rings (SSSR count). The molecule has 2 heterocycles. The second-order valence-corrected chi connectivity index (χ2v) is 15.9. The van der Waals surface area contributed by atoms with Gasteiger partial charge in [0.15, 0.2) is 11.6 Å². The average molecular weight is 688 g/mol.